The van der Waals surface area contributed by atoms with E-state index in [9.17, 15) is 4.79 Å². The fraction of sp³-hybridized carbons (Fsp3) is 0.133. The number of hydrogen-bond acceptors (Lipinski definition) is 7. The van der Waals surface area contributed by atoms with E-state index in [1.165, 1.54) is 12.4 Å². The number of carbonyl (C=O) groups is 1. The molecule has 3 aromatic rings. The van der Waals surface area contributed by atoms with Gasteiger partial charge in [-0.1, -0.05) is 11.2 Å². The van der Waals surface area contributed by atoms with Gasteiger partial charge in [-0.2, -0.15) is 0 Å². The van der Waals surface area contributed by atoms with Gasteiger partial charge in [-0.3, -0.25) is 9.78 Å². The molecule has 1 amide bonds. The number of carbonyl (C=O) groups excluding carboxylic acids is 1. The average Bonchev–Trinajstić information content (AvgIpc) is 2.99. The van der Waals surface area contributed by atoms with Gasteiger partial charge >= 0.3 is 0 Å². The van der Waals surface area contributed by atoms with Crippen LogP contribution < -0.4 is 10.6 Å². The van der Waals surface area contributed by atoms with E-state index >= 15 is 0 Å². The van der Waals surface area contributed by atoms with Crippen LogP contribution in [0, 0.1) is 6.92 Å². The molecule has 23 heavy (non-hydrogen) atoms. The third-order valence-corrected chi connectivity index (χ3v) is 2.94. The van der Waals surface area contributed by atoms with E-state index in [1.54, 1.807) is 19.2 Å². The minimum absolute atomic E-state index is 0.264. The van der Waals surface area contributed by atoms with Gasteiger partial charge in [0.15, 0.2) is 5.82 Å². The van der Waals surface area contributed by atoms with Crippen molar-refractivity contribution in [1.29, 1.82) is 0 Å². The molecule has 3 rings (SSSR count). The summed E-state index contributed by atoms with van der Waals surface area (Å²) in [7, 11) is 0. The summed E-state index contributed by atoms with van der Waals surface area (Å²) in [5.41, 5.74) is 1.14. The van der Waals surface area contributed by atoms with E-state index in [0.717, 1.165) is 5.69 Å². The van der Waals surface area contributed by atoms with Crippen molar-refractivity contribution in [2.75, 3.05) is 5.32 Å². The van der Waals surface area contributed by atoms with Crippen LogP contribution in [0.3, 0.4) is 0 Å². The van der Waals surface area contributed by atoms with E-state index in [4.69, 9.17) is 4.52 Å². The molecule has 0 aliphatic carbocycles. The van der Waals surface area contributed by atoms with Crippen LogP contribution in [-0.4, -0.2) is 26.0 Å². The predicted octanol–water partition coefficient (Wildman–Crippen LogP) is 1.84. The first kappa shape index (κ1) is 14.6. The minimum Gasteiger partial charge on any atom is -0.360 e. The van der Waals surface area contributed by atoms with Crippen LogP contribution in [0.1, 0.15) is 21.8 Å². The average molecular weight is 310 g/mol. The van der Waals surface area contributed by atoms with Gasteiger partial charge in [-0.25, -0.2) is 9.97 Å². The molecule has 3 heterocycles. The van der Waals surface area contributed by atoms with Gasteiger partial charge in [-0.15, -0.1) is 0 Å². The molecule has 0 unspecified atom stereocenters. The molecule has 0 saturated carbocycles. The molecule has 0 atom stereocenters. The molecule has 8 nitrogen and oxygen atoms in total. The van der Waals surface area contributed by atoms with Crippen molar-refractivity contribution in [3.8, 4) is 0 Å². The molecule has 0 saturated heterocycles. The summed E-state index contributed by atoms with van der Waals surface area (Å²) < 4.78 is 4.93. The molecule has 8 heteroatoms. The summed E-state index contributed by atoms with van der Waals surface area (Å²) in [5, 5.41) is 9.42. The molecule has 0 aliphatic rings. The van der Waals surface area contributed by atoms with E-state index in [-0.39, 0.29) is 5.91 Å². The van der Waals surface area contributed by atoms with Crippen LogP contribution in [-0.2, 0) is 6.54 Å². The Morgan fingerprint density at radius 2 is 2.04 bits per heavy atom. The quantitative estimate of drug-likeness (QED) is 0.740. The maximum atomic E-state index is 12.0. The molecule has 3 aromatic heterocycles. The van der Waals surface area contributed by atoms with Gasteiger partial charge in [-0.05, 0) is 19.1 Å². The maximum absolute atomic E-state index is 12.0. The van der Waals surface area contributed by atoms with Crippen molar-refractivity contribution in [2.45, 2.75) is 13.5 Å². The monoisotopic (exact) mass is 310 g/mol. The minimum atomic E-state index is -0.264. The number of anilines is 2. The third-order valence-electron chi connectivity index (χ3n) is 2.94. The summed E-state index contributed by atoms with van der Waals surface area (Å²) in [5.74, 6) is 1.26. The van der Waals surface area contributed by atoms with Crippen LogP contribution >= 0.6 is 0 Å². The normalized spacial score (nSPS) is 10.3. The Balaban J connectivity index is 1.59. The van der Waals surface area contributed by atoms with Gasteiger partial charge in [0.1, 0.15) is 5.76 Å². The second-order valence-electron chi connectivity index (χ2n) is 4.75. The summed E-state index contributed by atoms with van der Waals surface area (Å²) in [6.07, 6.45) is 4.56. The third kappa shape index (κ3) is 3.88. The van der Waals surface area contributed by atoms with Crippen LogP contribution in [0.25, 0.3) is 0 Å². The Bertz CT molecular complexity index is 785. The molecule has 116 valence electrons. The summed E-state index contributed by atoms with van der Waals surface area (Å²) >= 11 is 0. The second-order valence-corrected chi connectivity index (χ2v) is 4.75. The van der Waals surface area contributed by atoms with Gasteiger partial charge in [0.05, 0.1) is 17.8 Å². The zero-order valence-corrected chi connectivity index (χ0v) is 12.4. The number of amides is 1. The molecular formula is C15H14N6O2. The van der Waals surface area contributed by atoms with Crippen molar-refractivity contribution in [1.82, 2.24) is 25.4 Å². The Labute approximate surface area is 132 Å². The Kier molecular flexibility index (Phi) is 4.23. The lowest BCUT2D eigenvalue weighted by molar-refractivity contribution is 0.0949. The molecule has 0 aliphatic heterocycles. The number of hydrogen-bond donors (Lipinski definition) is 2. The fourth-order valence-electron chi connectivity index (χ4n) is 1.83. The van der Waals surface area contributed by atoms with Crippen molar-refractivity contribution in [3.63, 3.8) is 0 Å². The van der Waals surface area contributed by atoms with Crippen molar-refractivity contribution in [3.05, 3.63) is 59.9 Å². The maximum Gasteiger partial charge on any atom is 0.254 e. The van der Waals surface area contributed by atoms with E-state index in [0.29, 0.717) is 29.6 Å². The van der Waals surface area contributed by atoms with Gasteiger partial charge in [0.25, 0.3) is 5.91 Å². The van der Waals surface area contributed by atoms with E-state index in [2.05, 4.69) is 30.7 Å². The lowest BCUT2D eigenvalue weighted by Crippen LogP contribution is -2.23. The van der Waals surface area contributed by atoms with Crippen molar-refractivity contribution < 1.29 is 9.32 Å². The molecule has 0 fully saturated rings. The first-order valence-electron chi connectivity index (χ1n) is 6.91. The molecule has 2 N–H and O–H groups in total. The summed E-state index contributed by atoms with van der Waals surface area (Å²) in [6.45, 7) is 2.13. The van der Waals surface area contributed by atoms with Crippen LogP contribution in [0.15, 0.2) is 47.4 Å². The number of aromatic nitrogens is 4. The number of pyridine rings is 1. The van der Waals surface area contributed by atoms with E-state index in [1.807, 2.05) is 18.2 Å². The highest BCUT2D eigenvalue weighted by Gasteiger charge is 2.08. The Hall–Kier alpha value is -3.29. The molecule has 0 aromatic carbocycles. The zero-order valence-electron chi connectivity index (χ0n) is 12.4. The van der Waals surface area contributed by atoms with Gasteiger partial charge in [0.2, 0.25) is 5.95 Å². The zero-order chi connectivity index (χ0) is 16.1. The lowest BCUT2D eigenvalue weighted by atomic mass is 10.3. The lowest BCUT2D eigenvalue weighted by Gasteiger charge is -2.05. The second kappa shape index (κ2) is 6.65. The first-order valence-corrected chi connectivity index (χ1v) is 6.91. The largest absolute Gasteiger partial charge is 0.360 e. The Morgan fingerprint density at radius 1 is 1.22 bits per heavy atom. The number of aryl methyl sites for hydroxylation is 1. The molecule has 0 spiro atoms. The smallest absolute Gasteiger partial charge is 0.254 e. The van der Waals surface area contributed by atoms with Crippen LogP contribution in [0.2, 0.25) is 0 Å². The number of nitrogens with zero attached hydrogens (tertiary/aromatic N) is 4. The summed E-state index contributed by atoms with van der Waals surface area (Å²) in [4.78, 5) is 24.3. The van der Waals surface area contributed by atoms with Crippen LogP contribution in [0.5, 0.6) is 0 Å². The van der Waals surface area contributed by atoms with Crippen molar-refractivity contribution >= 4 is 17.7 Å². The highest BCUT2D eigenvalue weighted by molar-refractivity contribution is 5.93. The topological polar surface area (TPSA) is 106 Å². The standard InChI is InChI=1S/C15H14N6O2/c1-10-6-13(21-23-10)20-15-18-7-11(8-19-15)14(22)17-9-12-4-2-3-5-16-12/h2-8H,9H2,1H3,(H,17,22)(H,18,19,20,21). The van der Waals surface area contributed by atoms with E-state index < -0.39 is 0 Å². The summed E-state index contributed by atoms with van der Waals surface area (Å²) in [6, 6.07) is 7.24. The van der Waals surface area contributed by atoms with Gasteiger partial charge in [0, 0.05) is 24.7 Å². The van der Waals surface area contributed by atoms with Crippen molar-refractivity contribution in [2.24, 2.45) is 0 Å². The number of nitrogens with one attached hydrogen (secondary N) is 2. The molecular weight excluding hydrogens is 296 g/mol. The van der Waals surface area contributed by atoms with Gasteiger partial charge < -0.3 is 15.2 Å². The first-order chi connectivity index (χ1) is 11.2. The fourth-order valence-corrected chi connectivity index (χ4v) is 1.83. The molecule has 0 bridgehead atoms. The predicted molar refractivity (Wildman–Crippen MR) is 82.0 cm³/mol. The SMILES string of the molecule is Cc1cc(Nc2ncc(C(=O)NCc3ccccn3)cn2)no1. The highest BCUT2D eigenvalue weighted by atomic mass is 16.5. The Morgan fingerprint density at radius 3 is 2.70 bits per heavy atom. The molecule has 0 radical (unpaired) electrons. The highest BCUT2D eigenvalue weighted by Crippen LogP contribution is 2.12. The van der Waals surface area contributed by atoms with Crippen LogP contribution in [0.4, 0.5) is 11.8 Å². The number of rotatable bonds is 5.